The van der Waals surface area contributed by atoms with Crippen molar-refractivity contribution in [3.63, 3.8) is 0 Å². The van der Waals surface area contributed by atoms with Crippen molar-refractivity contribution in [2.24, 2.45) is 11.1 Å². The maximum atomic E-state index is 12.6. The van der Waals surface area contributed by atoms with E-state index < -0.39 is 5.60 Å². The lowest BCUT2D eigenvalue weighted by molar-refractivity contribution is -0.0298. The summed E-state index contributed by atoms with van der Waals surface area (Å²) in [5.41, 5.74) is -0.812. The molecule has 2 unspecified atom stereocenters. The van der Waals surface area contributed by atoms with E-state index in [0.29, 0.717) is 19.0 Å². The predicted molar refractivity (Wildman–Crippen MR) is 108 cm³/mol. The van der Waals surface area contributed by atoms with Crippen LogP contribution in [0, 0.1) is 5.92 Å². The molecule has 0 aromatic heterocycles. The van der Waals surface area contributed by atoms with Gasteiger partial charge < -0.3 is 19.2 Å². The second kappa shape index (κ2) is 8.47. The SMILES string of the molecule is CC(C)(C)OC(=O)N1CCC(C2=NOCC(CN3CCCCC3)O2)CC1(C)C. The number of ether oxygens (including phenoxy) is 2. The Morgan fingerprint density at radius 3 is 2.57 bits per heavy atom. The van der Waals surface area contributed by atoms with Crippen molar-refractivity contribution < 1.29 is 19.1 Å². The fourth-order valence-electron chi connectivity index (χ4n) is 4.37. The summed E-state index contributed by atoms with van der Waals surface area (Å²) in [6, 6.07) is 0. The van der Waals surface area contributed by atoms with Crippen molar-refractivity contribution in [2.75, 3.05) is 32.8 Å². The van der Waals surface area contributed by atoms with Crippen LogP contribution >= 0.6 is 0 Å². The maximum Gasteiger partial charge on any atom is 0.410 e. The first-order valence-electron chi connectivity index (χ1n) is 10.7. The third-order valence-corrected chi connectivity index (χ3v) is 5.75. The molecule has 0 aromatic carbocycles. The predicted octanol–water partition coefficient (Wildman–Crippen LogP) is 3.63. The Morgan fingerprint density at radius 1 is 1.21 bits per heavy atom. The van der Waals surface area contributed by atoms with Gasteiger partial charge in [0.2, 0.25) is 5.90 Å². The highest BCUT2D eigenvalue weighted by Gasteiger charge is 2.42. The van der Waals surface area contributed by atoms with Crippen LogP contribution in [0.25, 0.3) is 0 Å². The molecule has 0 spiro atoms. The van der Waals surface area contributed by atoms with Gasteiger partial charge in [-0.2, -0.15) is 0 Å². The lowest BCUT2D eigenvalue weighted by Gasteiger charge is -2.46. The number of rotatable bonds is 3. The standard InChI is InChI=1S/C21H37N3O4/c1-20(2,3)28-19(25)24-12-9-16(13-21(24,4)5)18-22-26-15-17(27-18)14-23-10-7-6-8-11-23/h16-17H,6-15H2,1-5H3. The molecule has 0 aromatic rings. The number of carbonyl (C=O) groups excluding carboxylic acids is 1. The van der Waals surface area contributed by atoms with Gasteiger partial charge in [0.25, 0.3) is 0 Å². The van der Waals surface area contributed by atoms with E-state index in [4.69, 9.17) is 14.3 Å². The van der Waals surface area contributed by atoms with Gasteiger partial charge in [-0.1, -0.05) is 11.6 Å². The minimum absolute atomic E-state index is 0.0394. The van der Waals surface area contributed by atoms with Crippen LogP contribution < -0.4 is 0 Å². The first-order valence-corrected chi connectivity index (χ1v) is 10.7. The van der Waals surface area contributed by atoms with Gasteiger partial charge in [-0.25, -0.2) is 4.79 Å². The molecule has 0 saturated carbocycles. The van der Waals surface area contributed by atoms with Crippen LogP contribution in [0.15, 0.2) is 5.16 Å². The van der Waals surface area contributed by atoms with Crippen molar-refractivity contribution in [1.29, 1.82) is 0 Å². The molecule has 7 heteroatoms. The Bertz CT molecular complexity index is 579. The third-order valence-electron chi connectivity index (χ3n) is 5.75. The third kappa shape index (κ3) is 5.52. The summed E-state index contributed by atoms with van der Waals surface area (Å²) in [4.78, 5) is 22.4. The van der Waals surface area contributed by atoms with Gasteiger partial charge in [0.05, 0.1) is 0 Å². The second-order valence-electron chi connectivity index (χ2n) is 9.96. The molecule has 0 aliphatic carbocycles. The number of piperidine rings is 2. The number of oxime groups is 1. The number of hydrogen-bond donors (Lipinski definition) is 0. The van der Waals surface area contributed by atoms with Crippen LogP contribution in [0.4, 0.5) is 4.79 Å². The van der Waals surface area contributed by atoms with E-state index in [1.807, 2.05) is 25.7 Å². The summed E-state index contributed by atoms with van der Waals surface area (Å²) in [7, 11) is 0. The Labute approximate surface area is 169 Å². The molecule has 28 heavy (non-hydrogen) atoms. The van der Waals surface area contributed by atoms with Crippen LogP contribution in [0.3, 0.4) is 0 Å². The number of nitrogens with zero attached hydrogens (tertiary/aromatic N) is 3. The monoisotopic (exact) mass is 395 g/mol. The lowest BCUT2D eigenvalue weighted by Crippen LogP contribution is -2.55. The van der Waals surface area contributed by atoms with E-state index in [2.05, 4.69) is 23.9 Å². The van der Waals surface area contributed by atoms with Crippen LogP contribution in [-0.2, 0) is 14.3 Å². The summed E-state index contributed by atoms with van der Waals surface area (Å²) < 4.78 is 11.8. The normalized spacial score (nSPS) is 28.8. The van der Waals surface area contributed by atoms with Crippen LogP contribution in [0.2, 0.25) is 0 Å². The van der Waals surface area contributed by atoms with Gasteiger partial charge in [-0.15, -0.1) is 0 Å². The van der Waals surface area contributed by atoms with E-state index in [0.717, 1.165) is 32.5 Å². The number of amides is 1. The zero-order valence-electron chi connectivity index (χ0n) is 18.2. The molecule has 3 aliphatic rings. The molecule has 3 aliphatic heterocycles. The Morgan fingerprint density at radius 2 is 1.93 bits per heavy atom. The Kier molecular flexibility index (Phi) is 6.42. The number of likely N-dealkylation sites (tertiary alicyclic amines) is 2. The fourth-order valence-corrected chi connectivity index (χ4v) is 4.37. The summed E-state index contributed by atoms with van der Waals surface area (Å²) in [6.45, 7) is 14.2. The van der Waals surface area contributed by atoms with Crippen molar-refractivity contribution in [3.8, 4) is 0 Å². The fraction of sp³-hybridized carbons (Fsp3) is 0.905. The molecule has 0 radical (unpaired) electrons. The van der Waals surface area contributed by atoms with Crippen molar-refractivity contribution in [1.82, 2.24) is 9.80 Å². The molecular weight excluding hydrogens is 358 g/mol. The topological polar surface area (TPSA) is 63.6 Å². The molecule has 7 nitrogen and oxygen atoms in total. The van der Waals surface area contributed by atoms with Crippen molar-refractivity contribution >= 4 is 12.0 Å². The molecule has 3 rings (SSSR count). The minimum Gasteiger partial charge on any atom is -0.470 e. The van der Waals surface area contributed by atoms with Gasteiger partial charge in [0.15, 0.2) is 6.61 Å². The molecule has 160 valence electrons. The Balaban J connectivity index is 1.56. The summed E-state index contributed by atoms with van der Waals surface area (Å²) in [6.07, 6.45) is 5.25. The Hall–Kier alpha value is -1.50. The molecule has 0 bridgehead atoms. The molecule has 3 heterocycles. The molecule has 0 N–H and O–H groups in total. The van der Waals surface area contributed by atoms with Crippen LogP contribution in [-0.4, -0.2) is 71.8 Å². The van der Waals surface area contributed by atoms with Gasteiger partial charge >= 0.3 is 6.09 Å². The average molecular weight is 396 g/mol. The summed E-state index contributed by atoms with van der Waals surface area (Å²) >= 11 is 0. The van der Waals surface area contributed by atoms with Crippen LogP contribution in [0.5, 0.6) is 0 Å². The zero-order valence-corrected chi connectivity index (χ0v) is 18.2. The molecule has 2 saturated heterocycles. The number of hydrogen-bond acceptors (Lipinski definition) is 6. The quantitative estimate of drug-likeness (QED) is 0.730. The minimum atomic E-state index is -0.490. The van der Waals surface area contributed by atoms with Gasteiger partial charge in [-0.3, -0.25) is 4.90 Å². The van der Waals surface area contributed by atoms with E-state index in [1.165, 1.54) is 19.3 Å². The lowest BCUT2D eigenvalue weighted by atomic mass is 9.82. The van der Waals surface area contributed by atoms with Crippen molar-refractivity contribution in [3.05, 3.63) is 0 Å². The number of carbonyl (C=O) groups is 1. The highest BCUT2D eigenvalue weighted by molar-refractivity contribution is 5.79. The summed E-state index contributed by atoms with van der Waals surface area (Å²) in [5, 5.41) is 4.23. The smallest absolute Gasteiger partial charge is 0.410 e. The van der Waals surface area contributed by atoms with E-state index in [-0.39, 0.29) is 23.7 Å². The molecular formula is C21H37N3O4. The van der Waals surface area contributed by atoms with Gasteiger partial charge in [-0.05, 0) is 73.4 Å². The average Bonchev–Trinajstić information content (AvgIpc) is 2.60. The first-order chi connectivity index (χ1) is 13.1. The van der Waals surface area contributed by atoms with Crippen LogP contribution in [0.1, 0.15) is 66.7 Å². The molecule has 2 fully saturated rings. The highest BCUT2D eigenvalue weighted by atomic mass is 16.7. The van der Waals surface area contributed by atoms with E-state index in [1.54, 1.807) is 0 Å². The highest BCUT2D eigenvalue weighted by Crippen LogP contribution is 2.34. The zero-order chi connectivity index (χ0) is 20.4. The van der Waals surface area contributed by atoms with E-state index >= 15 is 0 Å². The van der Waals surface area contributed by atoms with Gasteiger partial charge in [0.1, 0.15) is 11.7 Å². The largest absolute Gasteiger partial charge is 0.470 e. The molecule has 1 amide bonds. The maximum absolute atomic E-state index is 12.6. The van der Waals surface area contributed by atoms with Gasteiger partial charge in [0, 0.05) is 24.5 Å². The van der Waals surface area contributed by atoms with E-state index in [9.17, 15) is 4.79 Å². The second-order valence-corrected chi connectivity index (χ2v) is 9.96. The summed E-state index contributed by atoms with van der Waals surface area (Å²) in [5.74, 6) is 0.864. The first kappa shape index (κ1) is 21.2. The molecule has 2 atom stereocenters. The van der Waals surface area contributed by atoms with Crippen molar-refractivity contribution in [2.45, 2.75) is 84.0 Å².